The topological polar surface area (TPSA) is 189 Å². The van der Waals surface area contributed by atoms with Crippen molar-refractivity contribution in [3.63, 3.8) is 0 Å². The van der Waals surface area contributed by atoms with Crippen LogP contribution in [0.1, 0.15) is 55.4 Å². The highest BCUT2D eigenvalue weighted by atomic mass is 35.5. The van der Waals surface area contributed by atoms with E-state index in [0.29, 0.717) is 61.5 Å². The zero-order valence-electron chi connectivity index (χ0n) is 32.6. The fourth-order valence-corrected chi connectivity index (χ4v) is 8.14. The zero-order valence-corrected chi connectivity index (χ0v) is 36.9. The Morgan fingerprint density at radius 3 is 1.55 bits per heavy atom. The van der Waals surface area contributed by atoms with Crippen LogP contribution >= 0.6 is 61.8 Å². The van der Waals surface area contributed by atoms with Crippen molar-refractivity contribution in [2.24, 2.45) is 0 Å². The SMILES string of the molecule is C.Cc1cc(N2CC[C@H]2c2nn3ccc(Cl)c3c(=O)n2-c2ccccc2)nc(N)n1.Cc1nc(N)nc(N2CC[C@H]2c2nn3ccc(Cl)c3c(=O)n2-c2ccccc2)c1Cl.S.S. The Hall–Kier alpha value is -5.79. The van der Waals surface area contributed by atoms with Crippen LogP contribution in [0.15, 0.2) is 101 Å². The van der Waals surface area contributed by atoms with Crippen molar-refractivity contribution < 1.29 is 0 Å². The van der Waals surface area contributed by atoms with E-state index < -0.39 is 0 Å². The number of aromatic nitrogens is 10. The number of nitrogen functional groups attached to an aromatic ring is 2. The van der Waals surface area contributed by atoms with Crippen LogP contribution in [0.3, 0.4) is 0 Å². The third-order valence-corrected chi connectivity index (χ3v) is 11.5. The van der Waals surface area contributed by atoms with Gasteiger partial charge in [-0.25, -0.2) is 19.0 Å². The summed E-state index contributed by atoms with van der Waals surface area (Å²) in [7, 11) is 0. The molecule has 0 radical (unpaired) electrons. The second-order valence-electron chi connectivity index (χ2n) is 14.1. The quantitative estimate of drug-likeness (QED) is 0.173. The van der Waals surface area contributed by atoms with Crippen LogP contribution in [0.25, 0.3) is 22.4 Å². The molecule has 6 aromatic heterocycles. The molecule has 2 aromatic carbocycles. The van der Waals surface area contributed by atoms with Crippen LogP contribution in [0.5, 0.6) is 0 Å². The molecule has 0 unspecified atom stereocenters. The van der Waals surface area contributed by atoms with Gasteiger partial charge < -0.3 is 21.3 Å². The van der Waals surface area contributed by atoms with Gasteiger partial charge in [-0.2, -0.15) is 47.2 Å². The first-order chi connectivity index (χ1) is 28.5. The zero-order chi connectivity index (χ0) is 41.1. The summed E-state index contributed by atoms with van der Waals surface area (Å²) in [6.45, 7) is 5.15. The molecule has 2 atom stereocenters. The third kappa shape index (κ3) is 8.04. The molecule has 0 aliphatic carbocycles. The molecule has 2 aliphatic heterocycles. The average Bonchev–Trinajstić information content (AvgIpc) is 3.75. The van der Waals surface area contributed by atoms with Crippen LogP contribution in [-0.2, 0) is 0 Å². The molecular formula is C41H43Cl3N14O2S2. The first-order valence-electron chi connectivity index (χ1n) is 18.6. The molecular weight excluding hydrogens is 891 g/mol. The van der Waals surface area contributed by atoms with Gasteiger partial charge in [-0.15, -0.1) is 0 Å². The number of anilines is 4. The van der Waals surface area contributed by atoms with Gasteiger partial charge in [-0.3, -0.25) is 18.7 Å². The van der Waals surface area contributed by atoms with Gasteiger partial charge in [-0.05, 0) is 63.1 Å². The number of fused-ring (bicyclic) bond motifs is 2. The molecule has 8 aromatic rings. The Balaban J connectivity index is 0.000000197. The molecule has 62 heavy (non-hydrogen) atoms. The van der Waals surface area contributed by atoms with Crippen molar-refractivity contribution in [2.45, 2.75) is 46.2 Å². The lowest BCUT2D eigenvalue weighted by atomic mass is 10.0. The summed E-state index contributed by atoms with van der Waals surface area (Å²) < 4.78 is 6.31. The predicted octanol–water partition coefficient (Wildman–Crippen LogP) is 7.06. The molecule has 8 heterocycles. The fourth-order valence-electron chi connectivity index (χ4n) is 7.50. The number of benzene rings is 2. The van der Waals surface area contributed by atoms with Crippen molar-refractivity contribution in [3.05, 3.63) is 150 Å². The van der Waals surface area contributed by atoms with Gasteiger partial charge in [0.2, 0.25) is 11.9 Å². The van der Waals surface area contributed by atoms with Gasteiger partial charge in [0.15, 0.2) is 17.5 Å². The Labute approximate surface area is 384 Å². The second-order valence-corrected chi connectivity index (χ2v) is 15.3. The predicted molar refractivity (Wildman–Crippen MR) is 256 cm³/mol. The smallest absolute Gasteiger partial charge is 0.284 e. The molecule has 0 amide bonds. The molecule has 2 aliphatic rings. The number of nitrogens with two attached hydrogens (primary N) is 2. The Morgan fingerprint density at radius 2 is 1.10 bits per heavy atom. The Morgan fingerprint density at radius 1 is 0.629 bits per heavy atom. The van der Waals surface area contributed by atoms with Gasteiger partial charge in [0.1, 0.15) is 21.9 Å². The standard InChI is InChI=1S/C20H17Cl2N7O.C20H18ClN7O.CH4.2H2S/c1-11-15(22)18(25-20(23)24-11)27-9-8-14(27)17-26-28-10-7-13(21)16(28)19(30)29(17)12-5-3-2-4-6-12;1-12-11-16(24-20(22)23-12)26-9-8-15(26)18-25-27-10-7-14(21)17(27)19(29)28(18)13-5-3-2-4-6-13;;;/h2-7,10,14H,8-9H2,1H3,(H2,23,24,25);2-7,10-11,15H,8-9H2,1H3,(H2,22,23,24);1H4;2*1H2/t14-;15-;;;/m00.../s1. The van der Waals surface area contributed by atoms with E-state index in [0.717, 1.165) is 36.6 Å². The number of halogens is 3. The van der Waals surface area contributed by atoms with Gasteiger partial charge in [-0.1, -0.05) is 78.6 Å². The fraction of sp³-hybridized carbons (Fsp3) is 0.220. The number of hydrogen-bond donors (Lipinski definition) is 2. The van der Waals surface area contributed by atoms with Crippen molar-refractivity contribution >= 4 is 96.4 Å². The van der Waals surface area contributed by atoms with Crippen LogP contribution in [0.2, 0.25) is 15.1 Å². The average molecular weight is 934 g/mol. The van der Waals surface area contributed by atoms with Crippen LogP contribution in [0, 0.1) is 13.8 Å². The Kier molecular flexibility index (Phi) is 13.5. The second kappa shape index (κ2) is 18.3. The molecule has 2 fully saturated rings. The summed E-state index contributed by atoms with van der Waals surface area (Å²) in [5, 5.41) is 10.7. The number of hydrogen-bond acceptors (Lipinski definition) is 12. The number of nitrogens with zero attached hydrogens (tertiary/aromatic N) is 12. The van der Waals surface area contributed by atoms with E-state index in [1.807, 2.05) is 78.6 Å². The van der Waals surface area contributed by atoms with E-state index in [1.54, 1.807) is 45.1 Å². The minimum Gasteiger partial charge on any atom is -0.368 e. The minimum absolute atomic E-state index is 0. The van der Waals surface area contributed by atoms with E-state index in [9.17, 15) is 9.59 Å². The molecule has 0 spiro atoms. The van der Waals surface area contributed by atoms with E-state index in [1.165, 1.54) is 4.52 Å². The number of aryl methyl sites for hydroxylation is 2. The summed E-state index contributed by atoms with van der Waals surface area (Å²) >= 11 is 19.0. The van der Waals surface area contributed by atoms with E-state index in [4.69, 9.17) is 56.5 Å². The summed E-state index contributed by atoms with van der Waals surface area (Å²) in [6.07, 6.45) is 5.00. The van der Waals surface area contributed by atoms with Gasteiger partial charge in [0.05, 0.1) is 39.2 Å². The normalized spacial score (nSPS) is 15.4. The minimum atomic E-state index is -0.238. The van der Waals surface area contributed by atoms with Crippen LogP contribution < -0.4 is 32.4 Å². The number of rotatable bonds is 6. The van der Waals surface area contributed by atoms with Gasteiger partial charge in [0, 0.05) is 37.2 Å². The maximum absolute atomic E-state index is 13.4. The molecule has 16 nitrogen and oxygen atoms in total. The molecule has 10 rings (SSSR count). The highest BCUT2D eigenvalue weighted by Crippen LogP contribution is 2.41. The van der Waals surface area contributed by atoms with E-state index >= 15 is 0 Å². The largest absolute Gasteiger partial charge is 0.368 e. The molecule has 0 bridgehead atoms. The first kappa shape index (κ1) is 45.7. The van der Waals surface area contributed by atoms with Crippen LogP contribution in [0.4, 0.5) is 23.5 Å². The van der Waals surface area contributed by atoms with E-state index in [-0.39, 0.29) is 69.5 Å². The van der Waals surface area contributed by atoms with Gasteiger partial charge in [0.25, 0.3) is 11.1 Å². The first-order valence-corrected chi connectivity index (χ1v) is 19.8. The molecule has 2 saturated heterocycles. The lowest BCUT2D eigenvalue weighted by Gasteiger charge is -2.42. The summed E-state index contributed by atoms with van der Waals surface area (Å²) in [4.78, 5) is 47.9. The number of para-hydroxylation sites is 2. The van der Waals surface area contributed by atoms with Crippen LogP contribution in [-0.4, -0.2) is 61.4 Å². The molecule has 4 N–H and O–H groups in total. The molecule has 322 valence electrons. The summed E-state index contributed by atoms with van der Waals surface area (Å²) in [5.74, 6) is 2.85. The van der Waals surface area contributed by atoms with Crippen molar-refractivity contribution in [3.8, 4) is 11.4 Å². The maximum Gasteiger partial charge on any atom is 0.284 e. The monoisotopic (exact) mass is 932 g/mol. The van der Waals surface area contributed by atoms with E-state index in [2.05, 4.69) is 24.8 Å². The van der Waals surface area contributed by atoms with Crippen molar-refractivity contribution in [1.82, 2.24) is 48.3 Å². The summed E-state index contributed by atoms with van der Waals surface area (Å²) in [6, 6.07) is 23.7. The highest BCUT2D eigenvalue weighted by Gasteiger charge is 2.38. The van der Waals surface area contributed by atoms with Crippen molar-refractivity contribution in [1.29, 1.82) is 0 Å². The Bertz CT molecular complexity index is 3020. The third-order valence-electron chi connectivity index (χ3n) is 10.4. The summed E-state index contributed by atoms with van der Waals surface area (Å²) in [5.41, 5.74) is 14.8. The molecule has 21 heteroatoms. The lowest BCUT2D eigenvalue weighted by molar-refractivity contribution is 0.423. The maximum atomic E-state index is 13.4. The van der Waals surface area contributed by atoms with Crippen molar-refractivity contribution in [2.75, 3.05) is 34.4 Å². The molecule has 0 saturated carbocycles. The lowest BCUT2D eigenvalue weighted by Crippen LogP contribution is -2.45. The highest BCUT2D eigenvalue weighted by molar-refractivity contribution is 7.59. The van der Waals surface area contributed by atoms with Gasteiger partial charge >= 0.3 is 0 Å².